The Bertz CT molecular complexity index is 375. The summed E-state index contributed by atoms with van der Waals surface area (Å²) >= 11 is 0. The summed E-state index contributed by atoms with van der Waals surface area (Å²) < 4.78 is 0. The number of nitrogens with one attached hydrogen (secondary N) is 1. The fraction of sp³-hybridized carbons (Fsp3) is 0.462. The van der Waals surface area contributed by atoms with E-state index in [9.17, 15) is 4.79 Å². The van der Waals surface area contributed by atoms with Crippen LogP contribution in [0.25, 0.3) is 0 Å². The molecule has 0 heterocycles. The molecule has 0 bridgehead atoms. The molecule has 0 spiro atoms. The summed E-state index contributed by atoms with van der Waals surface area (Å²) in [4.78, 5) is 13.5. The van der Waals surface area contributed by atoms with Crippen molar-refractivity contribution in [3.63, 3.8) is 0 Å². The highest BCUT2D eigenvalue weighted by Crippen LogP contribution is 2.13. The second-order valence-corrected chi connectivity index (χ2v) is 4.52. The molecule has 0 aliphatic carbocycles. The quantitative estimate of drug-likeness (QED) is 0.803. The Morgan fingerprint density at radius 3 is 2.76 bits per heavy atom. The van der Waals surface area contributed by atoms with E-state index in [4.69, 9.17) is 5.73 Å². The summed E-state index contributed by atoms with van der Waals surface area (Å²) in [6.07, 6.45) is 0.368. The van der Waals surface area contributed by atoms with Crippen molar-refractivity contribution in [2.75, 3.05) is 19.0 Å². The topological polar surface area (TPSA) is 58.4 Å². The van der Waals surface area contributed by atoms with Gasteiger partial charge in [0.25, 0.3) is 0 Å². The van der Waals surface area contributed by atoms with Gasteiger partial charge in [-0.3, -0.25) is 4.79 Å². The average molecular weight is 235 g/mol. The summed E-state index contributed by atoms with van der Waals surface area (Å²) in [5.74, 6) is -0.00439. The molecule has 0 aliphatic rings. The van der Waals surface area contributed by atoms with Crippen LogP contribution < -0.4 is 16.0 Å². The second-order valence-electron chi connectivity index (χ2n) is 4.52. The van der Waals surface area contributed by atoms with Crippen LogP contribution in [0.3, 0.4) is 0 Å². The molecule has 1 aromatic rings. The Hall–Kier alpha value is -1.55. The number of hydrogen-bond acceptors (Lipinski definition) is 3. The lowest BCUT2D eigenvalue weighted by molar-refractivity contribution is -0.121. The molecular weight excluding hydrogens is 214 g/mol. The lowest BCUT2D eigenvalue weighted by Crippen LogP contribution is -2.29. The van der Waals surface area contributed by atoms with Gasteiger partial charge in [-0.2, -0.15) is 0 Å². The maximum Gasteiger partial charge on any atom is 0.221 e. The maximum absolute atomic E-state index is 11.4. The van der Waals surface area contributed by atoms with Gasteiger partial charge >= 0.3 is 0 Å². The first kappa shape index (κ1) is 13.5. The zero-order chi connectivity index (χ0) is 12.8. The number of carbonyl (C=O) groups excluding carboxylic acids is 1. The normalized spacial score (nSPS) is 12.0. The van der Waals surface area contributed by atoms with Crippen LogP contribution in [-0.4, -0.2) is 26.0 Å². The molecule has 0 saturated heterocycles. The maximum atomic E-state index is 11.4. The first-order valence-electron chi connectivity index (χ1n) is 5.77. The number of anilines is 1. The van der Waals surface area contributed by atoms with E-state index in [2.05, 4.69) is 11.4 Å². The van der Waals surface area contributed by atoms with Gasteiger partial charge in [0.05, 0.1) is 0 Å². The monoisotopic (exact) mass is 235 g/mol. The molecular formula is C13H21N3O. The predicted molar refractivity (Wildman–Crippen MR) is 70.9 cm³/mol. The highest BCUT2D eigenvalue weighted by molar-refractivity contribution is 5.76. The van der Waals surface area contributed by atoms with Crippen LogP contribution in [0.4, 0.5) is 5.69 Å². The van der Waals surface area contributed by atoms with E-state index in [-0.39, 0.29) is 11.9 Å². The minimum atomic E-state index is -0.0943. The van der Waals surface area contributed by atoms with Crippen molar-refractivity contribution in [3.8, 4) is 0 Å². The molecule has 0 aliphatic heterocycles. The average Bonchev–Trinajstić information content (AvgIpc) is 2.26. The fourth-order valence-corrected chi connectivity index (χ4v) is 1.51. The third-order valence-corrected chi connectivity index (χ3v) is 2.42. The standard InChI is InChI=1S/C13H21N3O/c1-10(14)7-13(17)15-9-11-5-4-6-12(8-11)16(2)3/h4-6,8,10H,7,9,14H2,1-3H3,(H,15,17). The number of nitrogens with two attached hydrogens (primary N) is 1. The van der Waals surface area contributed by atoms with Crippen LogP contribution in [0.5, 0.6) is 0 Å². The molecule has 94 valence electrons. The largest absolute Gasteiger partial charge is 0.378 e. The van der Waals surface area contributed by atoms with Gasteiger partial charge in [0, 0.05) is 38.8 Å². The minimum Gasteiger partial charge on any atom is -0.378 e. The van der Waals surface area contributed by atoms with Crippen LogP contribution >= 0.6 is 0 Å². The number of amides is 1. The minimum absolute atomic E-state index is 0.00439. The third-order valence-electron chi connectivity index (χ3n) is 2.42. The Morgan fingerprint density at radius 1 is 1.47 bits per heavy atom. The van der Waals surface area contributed by atoms with E-state index in [1.165, 1.54) is 0 Å². The Morgan fingerprint density at radius 2 is 2.18 bits per heavy atom. The number of benzene rings is 1. The summed E-state index contributed by atoms with van der Waals surface area (Å²) in [5, 5.41) is 2.86. The predicted octanol–water partition coefficient (Wildman–Crippen LogP) is 1.11. The van der Waals surface area contributed by atoms with E-state index in [0.29, 0.717) is 13.0 Å². The molecule has 0 aromatic heterocycles. The van der Waals surface area contributed by atoms with Gasteiger partial charge in [0.1, 0.15) is 0 Å². The molecule has 1 aromatic carbocycles. The van der Waals surface area contributed by atoms with Gasteiger partial charge in [-0.05, 0) is 24.6 Å². The number of rotatable bonds is 5. The number of hydrogen-bond donors (Lipinski definition) is 2. The highest BCUT2D eigenvalue weighted by atomic mass is 16.1. The molecule has 1 amide bonds. The van der Waals surface area contributed by atoms with Gasteiger partial charge in [-0.1, -0.05) is 12.1 Å². The molecule has 0 saturated carbocycles. The van der Waals surface area contributed by atoms with Gasteiger partial charge in [0.2, 0.25) is 5.91 Å². The van der Waals surface area contributed by atoms with Crippen LogP contribution in [0.15, 0.2) is 24.3 Å². The molecule has 17 heavy (non-hydrogen) atoms. The van der Waals surface area contributed by atoms with E-state index in [0.717, 1.165) is 11.3 Å². The van der Waals surface area contributed by atoms with Crippen molar-refractivity contribution in [3.05, 3.63) is 29.8 Å². The molecule has 1 atom stereocenters. The van der Waals surface area contributed by atoms with E-state index < -0.39 is 0 Å². The van der Waals surface area contributed by atoms with Crippen LogP contribution in [0.2, 0.25) is 0 Å². The molecule has 0 fully saturated rings. The Labute approximate surface area is 103 Å². The summed E-state index contributed by atoms with van der Waals surface area (Å²) in [5.41, 5.74) is 7.78. The van der Waals surface area contributed by atoms with Crippen LogP contribution in [0.1, 0.15) is 18.9 Å². The number of carbonyl (C=O) groups is 1. The van der Waals surface area contributed by atoms with Crippen molar-refractivity contribution in [2.24, 2.45) is 5.73 Å². The molecule has 3 N–H and O–H groups in total. The van der Waals surface area contributed by atoms with Gasteiger partial charge < -0.3 is 16.0 Å². The van der Waals surface area contributed by atoms with Crippen LogP contribution in [-0.2, 0) is 11.3 Å². The summed E-state index contributed by atoms with van der Waals surface area (Å²) in [6.45, 7) is 2.37. The smallest absolute Gasteiger partial charge is 0.221 e. The molecule has 0 radical (unpaired) electrons. The van der Waals surface area contributed by atoms with Crippen molar-refractivity contribution in [2.45, 2.75) is 25.9 Å². The van der Waals surface area contributed by atoms with E-state index >= 15 is 0 Å². The SMILES string of the molecule is CC(N)CC(=O)NCc1cccc(N(C)C)c1. The molecule has 4 heteroatoms. The Balaban J connectivity index is 2.52. The van der Waals surface area contributed by atoms with Crippen molar-refractivity contribution in [1.29, 1.82) is 0 Å². The molecule has 1 unspecified atom stereocenters. The first-order chi connectivity index (χ1) is 7.99. The van der Waals surface area contributed by atoms with Crippen molar-refractivity contribution < 1.29 is 4.79 Å². The summed E-state index contributed by atoms with van der Waals surface area (Å²) in [7, 11) is 3.99. The van der Waals surface area contributed by atoms with Gasteiger partial charge in [-0.15, -0.1) is 0 Å². The van der Waals surface area contributed by atoms with E-state index in [1.807, 2.05) is 44.1 Å². The lowest BCUT2D eigenvalue weighted by Gasteiger charge is -2.14. The van der Waals surface area contributed by atoms with Gasteiger partial charge in [-0.25, -0.2) is 0 Å². The van der Waals surface area contributed by atoms with Crippen molar-refractivity contribution >= 4 is 11.6 Å². The fourth-order valence-electron chi connectivity index (χ4n) is 1.51. The summed E-state index contributed by atoms with van der Waals surface area (Å²) in [6, 6.07) is 7.99. The lowest BCUT2D eigenvalue weighted by atomic mass is 10.2. The van der Waals surface area contributed by atoms with E-state index in [1.54, 1.807) is 0 Å². The first-order valence-corrected chi connectivity index (χ1v) is 5.77. The molecule has 1 rings (SSSR count). The third kappa shape index (κ3) is 4.87. The zero-order valence-corrected chi connectivity index (χ0v) is 10.7. The zero-order valence-electron chi connectivity index (χ0n) is 10.7. The second kappa shape index (κ2) is 6.25. The Kier molecular flexibility index (Phi) is 4.97. The van der Waals surface area contributed by atoms with Crippen LogP contribution in [0, 0.1) is 0 Å². The van der Waals surface area contributed by atoms with Crippen molar-refractivity contribution in [1.82, 2.24) is 5.32 Å². The molecule has 4 nitrogen and oxygen atoms in total. The number of nitrogens with zero attached hydrogens (tertiary/aromatic N) is 1. The highest BCUT2D eigenvalue weighted by Gasteiger charge is 2.04. The van der Waals surface area contributed by atoms with Gasteiger partial charge in [0.15, 0.2) is 0 Å².